The Hall–Kier alpha value is -1.06. The Labute approximate surface area is 147 Å². The number of guanidine groups is 1. The zero-order chi connectivity index (χ0) is 17.5. The molecule has 1 heterocycles. The lowest BCUT2D eigenvalue weighted by molar-refractivity contribution is 0.461. The summed E-state index contributed by atoms with van der Waals surface area (Å²) in [7, 11) is 0.866. The number of nitrogens with one attached hydrogen (secondary N) is 2. The molecule has 0 aliphatic heterocycles. The fourth-order valence-corrected chi connectivity index (χ4v) is 3.12. The third kappa shape index (κ3) is 7.85. The van der Waals surface area contributed by atoms with E-state index in [-0.39, 0.29) is 0 Å². The van der Waals surface area contributed by atoms with Gasteiger partial charge in [0.25, 0.3) is 0 Å². The maximum atomic E-state index is 11.0. The number of rotatable bonds is 8. The third-order valence-corrected chi connectivity index (χ3v) is 4.29. The van der Waals surface area contributed by atoms with Crippen molar-refractivity contribution < 1.29 is 8.42 Å². The second-order valence-corrected chi connectivity index (χ2v) is 8.12. The van der Waals surface area contributed by atoms with Crippen LogP contribution in [0, 0.1) is 0 Å². The monoisotopic (exact) mass is 407 g/mol. The Morgan fingerprint density at radius 2 is 2.17 bits per heavy atom. The van der Waals surface area contributed by atoms with Crippen LogP contribution in [0.3, 0.4) is 0 Å². The Kier molecular flexibility index (Phi) is 8.07. The molecule has 0 unspecified atom stereocenters. The van der Waals surface area contributed by atoms with Crippen molar-refractivity contribution in [2.24, 2.45) is 12.0 Å². The maximum absolute atomic E-state index is 11.0. The lowest BCUT2D eigenvalue weighted by atomic mass is 10.4. The van der Waals surface area contributed by atoms with E-state index in [1.807, 2.05) is 27.2 Å². The first-order valence-corrected chi connectivity index (χ1v) is 10.2. The molecule has 0 bridgehead atoms. The molecule has 1 rings (SSSR count). The van der Waals surface area contributed by atoms with Gasteiger partial charge < -0.3 is 14.8 Å². The molecule has 7 nitrogen and oxygen atoms in total. The molecule has 1 aromatic heterocycles. The number of nitrogens with zero attached hydrogens (tertiary/aromatic N) is 3. The van der Waals surface area contributed by atoms with Crippen molar-refractivity contribution in [2.75, 3.05) is 32.9 Å². The second-order valence-electron chi connectivity index (χ2n) is 5.37. The van der Waals surface area contributed by atoms with Gasteiger partial charge in [0.2, 0.25) is 10.0 Å². The van der Waals surface area contributed by atoms with E-state index < -0.39 is 10.0 Å². The van der Waals surface area contributed by atoms with Gasteiger partial charge in [0.1, 0.15) is 0 Å². The van der Waals surface area contributed by atoms with Crippen molar-refractivity contribution in [2.45, 2.75) is 19.9 Å². The van der Waals surface area contributed by atoms with Gasteiger partial charge in [-0.2, -0.15) is 0 Å². The van der Waals surface area contributed by atoms with Gasteiger partial charge in [-0.05, 0) is 35.3 Å². The number of hydrogen-bond acceptors (Lipinski definition) is 3. The van der Waals surface area contributed by atoms with Gasteiger partial charge in [-0.15, -0.1) is 0 Å². The highest BCUT2D eigenvalue weighted by Crippen LogP contribution is 2.14. The summed E-state index contributed by atoms with van der Waals surface area (Å²) < 4.78 is 27.6. The highest BCUT2D eigenvalue weighted by atomic mass is 79.9. The number of aliphatic imine (C=N–C) groups is 1. The Morgan fingerprint density at radius 1 is 1.48 bits per heavy atom. The SMILES string of the molecule is CCNC(=NCCCNS(C)(=O)=O)N(C)Cc1cc(Br)cn1C. The molecule has 0 aromatic carbocycles. The normalized spacial score (nSPS) is 12.5. The number of halogens is 1. The Bertz CT molecular complexity index is 627. The van der Waals surface area contributed by atoms with Crippen LogP contribution < -0.4 is 10.0 Å². The number of sulfonamides is 1. The van der Waals surface area contributed by atoms with Crippen LogP contribution >= 0.6 is 15.9 Å². The van der Waals surface area contributed by atoms with E-state index in [9.17, 15) is 8.42 Å². The average molecular weight is 408 g/mol. The fraction of sp³-hybridized carbons (Fsp3) is 0.643. The van der Waals surface area contributed by atoms with Gasteiger partial charge in [-0.25, -0.2) is 13.1 Å². The first kappa shape index (κ1) is 20.0. The van der Waals surface area contributed by atoms with E-state index in [0.717, 1.165) is 29.8 Å². The molecule has 0 radical (unpaired) electrons. The number of aryl methyl sites for hydroxylation is 1. The summed E-state index contributed by atoms with van der Waals surface area (Å²) in [5.41, 5.74) is 1.17. The molecule has 0 saturated heterocycles. The lowest BCUT2D eigenvalue weighted by Gasteiger charge is -2.22. The van der Waals surface area contributed by atoms with Crippen LogP contribution in [0.25, 0.3) is 0 Å². The second kappa shape index (κ2) is 9.29. The van der Waals surface area contributed by atoms with Crippen molar-refractivity contribution in [1.29, 1.82) is 0 Å². The largest absolute Gasteiger partial charge is 0.357 e. The first-order chi connectivity index (χ1) is 10.7. The smallest absolute Gasteiger partial charge is 0.208 e. The maximum Gasteiger partial charge on any atom is 0.208 e. The van der Waals surface area contributed by atoms with Crippen LogP contribution in [0.4, 0.5) is 0 Å². The average Bonchev–Trinajstić information content (AvgIpc) is 2.74. The number of aromatic nitrogens is 1. The molecular formula is C14H26BrN5O2S. The van der Waals surface area contributed by atoms with Crippen LogP contribution in [-0.2, 0) is 23.6 Å². The molecule has 0 atom stereocenters. The molecule has 0 aliphatic carbocycles. The molecule has 0 spiro atoms. The van der Waals surface area contributed by atoms with Gasteiger partial charge in [-0.1, -0.05) is 0 Å². The van der Waals surface area contributed by atoms with Crippen molar-refractivity contribution >= 4 is 31.9 Å². The molecule has 23 heavy (non-hydrogen) atoms. The van der Waals surface area contributed by atoms with Crippen molar-refractivity contribution in [3.05, 3.63) is 22.4 Å². The van der Waals surface area contributed by atoms with Gasteiger partial charge in [0.05, 0.1) is 12.8 Å². The zero-order valence-electron chi connectivity index (χ0n) is 14.1. The van der Waals surface area contributed by atoms with Gasteiger partial charge in [0, 0.05) is 50.1 Å². The van der Waals surface area contributed by atoms with E-state index >= 15 is 0 Å². The van der Waals surface area contributed by atoms with Gasteiger partial charge >= 0.3 is 0 Å². The van der Waals surface area contributed by atoms with E-state index in [2.05, 4.69) is 46.5 Å². The minimum atomic E-state index is -3.13. The molecule has 0 saturated carbocycles. The molecule has 0 fully saturated rings. The standard InChI is InChI=1S/C14H26BrN5O2S/c1-5-16-14(17-7-6-8-18-23(4,21)22)20(3)11-13-9-12(15)10-19(13)2/h9-10,18H,5-8,11H2,1-4H3,(H,16,17). The van der Waals surface area contributed by atoms with Crippen LogP contribution in [0.2, 0.25) is 0 Å². The molecule has 132 valence electrons. The summed E-state index contributed by atoms with van der Waals surface area (Å²) >= 11 is 3.47. The summed E-state index contributed by atoms with van der Waals surface area (Å²) in [6, 6.07) is 2.08. The highest BCUT2D eigenvalue weighted by molar-refractivity contribution is 9.10. The summed E-state index contributed by atoms with van der Waals surface area (Å²) in [5, 5.41) is 3.25. The first-order valence-electron chi connectivity index (χ1n) is 7.47. The summed E-state index contributed by atoms with van der Waals surface area (Å²) in [4.78, 5) is 6.59. The van der Waals surface area contributed by atoms with Crippen molar-refractivity contribution in [3.63, 3.8) is 0 Å². The van der Waals surface area contributed by atoms with E-state index in [1.54, 1.807) is 0 Å². The van der Waals surface area contributed by atoms with Crippen LogP contribution in [0.15, 0.2) is 21.7 Å². The van der Waals surface area contributed by atoms with E-state index in [1.165, 1.54) is 5.69 Å². The van der Waals surface area contributed by atoms with Crippen LogP contribution in [0.5, 0.6) is 0 Å². The topological polar surface area (TPSA) is 78.7 Å². The fourth-order valence-electron chi connectivity index (χ4n) is 2.03. The third-order valence-electron chi connectivity index (χ3n) is 3.13. The minimum absolute atomic E-state index is 0.399. The van der Waals surface area contributed by atoms with Gasteiger partial charge in [0.15, 0.2) is 5.96 Å². The van der Waals surface area contributed by atoms with Crippen molar-refractivity contribution in [3.8, 4) is 0 Å². The Balaban J connectivity index is 2.58. The molecule has 9 heteroatoms. The quantitative estimate of drug-likeness (QED) is 0.384. The summed E-state index contributed by atoms with van der Waals surface area (Å²) in [6.45, 7) is 4.49. The Morgan fingerprint density at radius 3 is 2.70 bits per heavy atom. The van der Waals surface area contributed by atoms with Crippen LogP contribution in [-0.4, -0.2) is 56.8 Å². The molecule has 2 N–H and O–H groups in total. The zero-order valence-corrected chi connectivity index (χ0v) is 16.5. The summed E-state index contributed by atoms with van der Waals surface area (Å²) in [6.07, 6.45) is 3.84. The predicted molar refractivity (Wildman–Crippen MR) is 98.0 cm³/mol. The van der Waals surface area contributed by atoms with Crippen LogP contribution in [0.1, 0.15) is 19.0 Å². The molecule has 0 aliphatic rings. The predicted octanol–water partition coefficient (Wildman–Crippen LogP) is 1.12. The van der Waals surface area contributed by atoms with Crippen molar-refractivity contribution in [1.82, 2.24) is 19.5 Å². The molecule has 1 aromatic rings. The molecule has 0 amide bonds. The summed E-state index contributed by atoms with van der Waals surface area (Å²) in [5.74, 6) is 0.809. The van der Waals surface area contributed by atoms with E-state index in [4.69, 9.17) is 0 Å². The van der Waals surface area contributed by atoms with Gasteiger partial charge in [-0.3, -0.25) is 4.99 Å². The van der Waals surface area contributed by atoms with E-state index in [0.29, 0.717) is 19.5 Å². The number of hydrogen-bond donors (Lipinski definition) is 2. The minimum Gasteiger partial charge on any atom is -0.357 e. The molecular weight excluding hydrogens is 382 g/mol. The lowest BCUT2D eigenvalue weighted by Crippen LogP contribution is -2.39. The highest BCUT2D eigenvalue weighted by Gasteiger charge is 2.09.